The van der Waals surface area contributed by atoms with Crippen LogP contribution in [0.3, 0.4) is 0 Å². The van der Waals surface area contributed by atoms with Gasteiger partial charge in [-0.1, -0.05) is 12.8 Å². The van der Waals surface area contributed by atoms with Gasteiger partial charge in [-0.05, 0) is 12.8 Å². The van der Waals surface area contributed by atoms with Gasteiger partial charge in [0.2, 0.25) is 0 Å². The van der Waals surface area contributed by atoms with E-state index in [1.807, 2.05) is 0 Å². The first-order valence-corrected chi connectivity index (χ1v) is 3.49. The third-order valence-electron chi connectivity index (χ3n) is 1.24. The van der Waals surface area contributed by atoms with Crippen LogP contribution in [0.5, 0.6) is 0 Å². The molecule has 0 aliphatic rings. The van der Waals surface area contributed by atoms with Crippen molar-refractivity contribution in [2.75, 3.05) is 20.3 Å². The lowest BCUT2D eigenvalue weighted by Crippen LogP contribution is -1.88. The molecule has 0 bridgehead atoms. The summed E-state index contributed by atoms with van der Waals surface area (Å²) >= 11 is 0. The Hall–Kier alpha value is -0.0800. The highest BCUT2D eigenvalue weighted by molar-refractivity contribution is 4.40. The minimum absolute atomic E-state index is 0.0764. The van der Waals surface area contributed by atoms with Gasteiger partial charge in [-0.25, -0.2) is 5.11 Å². The summed E-state index contributed by atoms with van der Waals surface area (Å²) in [6.07, 6.45) is 4.11. The molecule has 0 saturated heterocycles. The number of rotatable bonds is 6. The second-order valence-corrected chi connectivity index (χ2v) is 2.11. The van der Waals surface area contributed by atoms with E-state index in [1.165, 1.54) is 0 Å². The molecule has 0 aliphatic carbocycles. The van der Waals surface area contributed by atoms with E-state index in [9.17, 15) is 5.11 Å². The molecule has 55 valence electrons. The zero-order valence-electron chi connectivity index (χ0n) is 6.06. The third kappa shape index (κ3) is 7.92. The monoisotopic (exact) mass is 131 g/mol. The van der Waals surface area contributed by atoms with Crippen LogP contribution in [0, 0.1) is 0 Å². The quantitative estimate of drug-likeness (QED) is 0.503. The number of methoxy groups -OCH3 is 1. The van der Waals surface area contributed by atoms with Gasteiger partial charge in [-0.15, -0.1) is 0 Å². The molecule has 0 spiro atoms. The summed E-state index contributed by atoms with van der Waals surface area (Å²) in [4.78, 5) is 0. The summed E-state index contributed by atoms with van der Waals surface area (Å²) in [7, 11) is 1.70. The highest BCUT2D eigenvalue weighted by Crippen LogP contribution is 1.98. The van der Waals surface area contributed by atoms with Crippen LogP contribution in [-0.2, 0) is 9.84 Å². The molecule has 0 fully saturated rings. The van der Waals surface area contributed by atoms with E-state index in [4.69, 9.17) is 4.74 Å². The molecule has 0 saturated carbocycles. The minimum Gasteiger partial charge on any atom is -0.385 e. The molecule has 0 aliphatic heterocycles. The topological polar surface area (TPSA) is 29.1 Å². The fourth-order valence-corrected chi connectivity index (χ4v) is 0.702. The van der Waals surface area contributed by atoms with Gasteiger partial charge in [-0.3, -0.25) is 0 Å². The van der Waals surface area contributed by atoms with Crippen molar-refractivity contribution in [3.63, 3.8) is 0 Å². The number of ether oxygens (including phenoxy) is 1. The van der Waals surface area contributed by atoms with Crippen molar-refractivity contribution >= 4 is 0 Å². The molecule has 9 heavy (non-hydrogen) atoms. The Balaban J connectivity index is 2.60. The Kier molecular flexibility index (Phi) is 7.85. The Morgan fingerprint density at radius 3 is 2.33 bits per heavy atom. The summed E-state index contributed by atoms with van der Waals surface area (Å²) in [5, 5.41) is 9.93. The molecule has 2 nitrogen and oxygen atoms in total. The van der Waals surface area contributed by atoms with Crippen molar-refractivity contribution in [2.45, 2.75) is 25.7 Å². The van der Waals surface area contributed by atoms with Crippen molar-refractivity contribution in [1.29, 1.82) is 0 Å². The molecule has 1 radical (unpaired) electrons. The summed E-state index contributed by atoms with van der Waals surface area (Å²) in [6, 6.07) is 0. The van der Waals surface area contributed by atoms with Crippen LogP contribution in [0.1, 0.15) is 25.7 Å². The van der Waals surface area contributed by atoms with Gasteiger partial charge in [0, 0.05) is 13.7 Å². The van der Waals surface area contributed by atoms with Gasteiger partial charge in [0.05, 0.1) is 6.61 Å². The van der Waals surface area contributed by atoms with E-state index in [0.29, 0.717) is 0 Å². The molecule has 0 rings (SSSR count). The standard InChI is InChI=1S/C7H15O2/c1-9-7-5-3-2-4-6-8/h2-7H2,1H3. The van der Waals surface area contributed by atoms with Crippen LogP contribution < -0.4 is 0 Å². The summed E-state index contributed by atoms with van der Waals surface area (Å²) in [5.74, 6) is 0. The molecule has 0 heterocycles. The smallest absolute Gasteiger partial charge is 0.0822 e. The average Bonchev–Trinajstić information content (AvgIpc) is 1.89. The van der Waals surface area contributed by atoms with Crippen molar-refractivity contribution in [2.24, 2.45) is 0 Å². The van der Waals surface area contributed by atoms with Crippen molar-refractivity contribution in [1.82, 2.24) is 0 Å². The molecule has 0 amide bonds. The third-order valence-corrected chi connectivity index (χ3v) is 1.24. The van der Waals surface area contributed by atoms with E-state index >= 15 is 0 Å². The van der Waals surface area contributed by atoms with Gasteiger partial charge >= 0.3 is 0 Å². The molecule has 0 aromatic rings. The van der Waals surface area contributed by atoms with E-state index in [0.717, 1.165) is 32.3 Å². The normalized spacial score (nSPS) is 10.0. The van der Waals surface area contributed by atoms with Crippen molar-refractivity contribution in [3.8, 4) is 0 Å². The fraction of sp³-hybridized carbons (Fsp3) is 1.00. The van der Waals surface area contributed by atoms with Gasteiger partial charge in [-0.2, -0.15) is 0 Å². The van der Waals surface area contributed by atoms with Crippen LogP contribution in [0.25, 0.3) is 0 Å². The summed E-state index contributed by atoms with van der Waals surface area (Å²) in [6.45, 7) is 0.909. The lowest BCUT2D eigenvalue weighted by Gasteiger charge is -1.96. The lowest BCUT2D eigenvalue weighted by atomic mass is 10.2. The summed E-state index contributed by atoms with van der Waals surface area (Å²) < 4.78 is 4.84. The van der Waals surface area contributed by atoms with E-state index < -0.39 is 0 Å². The molecule has 0 atom stereocenters. The zero-order chi connectivity index (χ0) is 6.95. The van der Waals surface area contributed by atoms with Crippen molar-refractivity contribution in [3.05, 3.63) is 0 Å². The van der Waals surface area contributed by atoms with E-state index in [2.05, 4.69) is 0 Å². The average molecular weight is 131 g/mol. The largest absolute Gasteiger partial charge is 0.385 e. The van der Waals surface area contributed by atoms with E-state index in [1.54, 1.807) is 7.11 Å². The van der Waals surface area contributed by atoms with Crippen LogP contribution in [0.15, 0.2) is 0 Å². The van der Waals surface area contributed by atoms with Gasteiger partial charge < -0.3 is 4.74 Å². The molecule has 0 aromatic heterocycles. The minimum atomic E-state index is 0.0764. The maximum atomic E-state index is 9.93. The predicted molar refractivity (Wildman–Crippen MR) is 35.9 cm³/mol. The first-order valence-electron chi connectivity index (χ1n) is 3.49. The fourth-order valence-electron chi connectivity index (χ4n) is 0.702. The number of hydrogen-bond donors (Lipinski definition) is 0. The second-order valence-electron chi connectivity index (χ2n) is 2.11. The first kappa shape index (κ1) is 8.92. The van der Waals surface area contributed by atoms with Crippen LogP contribution >= 0.6 is 0 Å². The van der Waals surface area contributed by atoms with Gasteiger partial charge in [0.15, 0.2) is 0 Å². The maximum absolute atomic E-state index is 9.93. The molecular weight excluding hydrogens is 116 g/mol. The van der Waals surface area contributed by atoms with Crippen LogP contribution in [0.4, 0.5) is 0 Å². The highest BCUT2D eigenvalue weighted by atomic mass is 16.5. The van der Waals surface area contributed by atoms with Gasteiger partial charge in [0.25, 0.3) is 0 Å². The predicted octanol–water partition coefficient (Wildman–Crippen LogP) is 1.62. The zero-order valence-corrected chi connectivity index (χ0v) is 6.06. The maximum Gasteiger partial charge on any atom is 0.0822 e. The molecule has 0 N–H and O–H groups in total. The first-order chi connectivity index (χ1) is 4.41. The molecule has 0 unspecified atom stereocenters. The Bertz CT molecular complexity index is 40.2. The SMILES string of the molecule is COCCCCCC[O]. The Morgan fingerprint density at radius 2 is 1.78 bits per heavy atom. The molecular formula is C7H15O2. The Labute approximate surface area is 56.8 Å². The molecule has 0 aromatic carbocycles. The van der Waals surface area contributed by atoms with Gasteiger partial charge in [0.1, 0.15) is 0 Å². The summed E-state index contributed by atoms with van der Waals surface area (Å²) in [5.41, 5.74) is 0. The highest BCUT2D eigenvalue weighted by Gasteiger charge is 1.87. The number of hydrogen-bond acceptors (Lipinski definition) is 1. The molecule has 2 heteroatoms. The second kappa shape index (κ2) is 7.92. The van der Waals surface area contributed by atoms with Crippen LogP contribution in [0.2, 0.25) is 0 Å². The van der Waals surface area contributed by atoms with E-state index in [-0.39, 0.29) is 6.61 Å². The Morgan fingerprint density at radius 1 is 1.11 bits per heavy atom. The van der Waals surface area contributed by atoms with Crippen LogP contribution in [-0.4, -0.2) is 20.3 Å². The number of unbranched alkanes of at least 4 members (excludes halogenated alkanes) is 3. The van der Waals surface area contributed by atoms with Crippen molar-refractivity contribution < 1.29 is 9.84 Å². The lowest BCUT2D eigenvalue weighted by molar-refractivity contribution is 0.176.